The average molecular weight is 445 g/mol. The number of nitrogens with zero attached hydrogens (tertiary/aromatic N) is 2. The van der Waals surface area contributed by atoms with E-state index in [-0.39, 0.29) is 17.0 Å². The number of hydrogen-bond acceptors (Lipinski definition) is 6. The van der Waals surface area contributed by atoms with Crippen molar-refractivity contribution in [2.24, 2.45) is 0 Å². The Kier molecular flexibility index (Phi) is 5.61. The number of carbonyl (C=O) groups excluding carboxylic acids is 3. The fraction of sp³-hybridized carbons (Fsp3) is 0.125. The second-order valence-corrected chi connectivity index (χ2v) is 7.54. The van der Waals surface area contributed by atoms with E-state index in [1.807, 2.05) is 6.07 Å². The molecule has 1 unspecified atom stereocenters. The Hall–Kier alpha value is -4.53. The Morgan fingerprint density at radius 2 is 1.79 bits per heavy atom. The Morgan fingerprint density at radius 1 is 1.06 bits per heavy atom. The van der Waals surface area contributed by atoms with Gasteiger partial charge in [-0.2, -0.15) is 0 Å². The predicted molar refractivity (Wildman–Crippen MR) is 119 cm³/mol. The van der Waals surface area contributed by atoms with Gasteiger partial charge in [-0.3, -0.25) is 29.9 Å². The van der Waals surface area contributed by atoms with Crippen LogP contribution in [0.15, 0.2) is 70.7 Å². The lowest BCUT2D eigenvalue weighted by Crippen LogP contribution is -2.54. The number of imide groups is 2. The highest BCUT2D eigenvalue weighted by Gasteiger charge is 2.39. The minimum atomic E-state index is -0.828. The molecule has 4 rings (SSSR count). The van der Waals surface area contributed by atoms with Crippen LogP contribution in [0, 0.1) is 17.0 Å². The number of carbonyl (C=O) groups is 3. The summed E-state index contributed by atoms with van der Waals surface area (Å²) in [6, 6.07) is 15.1. The molecule has 0 spiro atoms. The number of benzene rings is 2. The van der Waals surface area contributed by atoms with Gasteiger partial charge in [0.2, 0.25) is 0 Å². The lowest BCUT2D eigenvalue weighted by molar-refractivity contribution is -0.384. The maximum Gasteiger partial charge on any atom is 0.331 e. The summed E-state index contributed by atoms with van der Waals surface area (Å²) in [6.07, 6.45) is 1.25. The summed E-state index contributed by atoms with van der Waals surface area (Å²) in [4.78, 5) is 49.5. The number of nitrogens with one attached hydrogen (secondary N) is 1. The van der Waals surface area contributed by atoms with E-state index in [2.05, 4.69) is 5.32 Å². The highest BCUT2D eigenvalue weighted by molar-refractivity contribution is 6.31. The van der Waals surface area contributed by atoms with Crippen LogP contribution < -0.4 is 5.32 Å². The van der Waals surface area contributed by atoms with Crippen molar-refractivity contribution in [1.29, 1.82) is 0 Å². The molecule has 1 aliphatic heterocycles. The first-order valence-corrected chi connectivity index (χ1v) is 10.1. The summed E-state index contributed by atoms with van der Waals surface area (Å²) in [6.45, 7) is 3.47. The van der Waals surface area contributed by atoms with Gasteiger partial charge in [0.1, 0.15) is 17.1 Å². The van der Waals surface area contributed by atoms with Crippen LogP contribution in [0.5, 0.6) is 0 Å². The van der Waals surface area contributed by atoms with E-state index >= 15 is 0 Å². The van der Waals surface area contributed by atoms with Crippen LogP contribution in [0.2, 0.25) is 0 Å². The van der Waals surface area contributed by atoms with E-state index in [0.29, 0.717) is 11.3 Å². The number of urea groups is 1. The van der Waals surface area contributed by atoms with Crippen LogP contribution in [0.25, 0.3) is 17.4 Å². The molecule has 1 N–H and O–H groups in total. The Labute approximate surface area is 188 Å². The van der Waals surface area contributed by atoms with E-state index < -0.39 is 28.8 Å². The highest BCUT2D eigenvalue weighted by atomic mass is 16.6. The molecule has 2 heterocycles. The molecule has 1 aromatic heterocycles. The predicted octanol–water partition coefficient (Wildman–Crippen LogP) is 4.39. The Balaban J connectivity index is 1.67. The van der Waals surface area contributed by atoms with Crippen LogP contribution in [0.1, 0.15) is 29.9 Å². The van der Waals surface area contributed by atoms with Gasteiger partial charge in [-0.25, -0.2) is 4.79 Å². The summed E-state index contributed by atoms with van der Waals surface area (Å²) in [5.41, 5.74) is 1.67. The molecule has 3 aromatic rings. The molecule has 2 aromatic carbocycles. The number of furan rings is 1. The fourth-order valence-corrected chi connectivity index (χ4v) is 3.61. The van der Waals surface area contributed by atoms with Crippen molar-refractivity contribution < 1.29 is 23.7 Å². The van der Waals surface area contributed by atoms with Crippen LogP contribution in [0.4, 0.5) is 10.5 Å². The monoisotopic (exact) mass is 445 g/mol. The SMILES string of the molecule is Cc1ccc([N+](=O)[O-])cc1-c1ccc(/C=C2/C(=O)NC(=O)N(C(C)c3ccccc3)C2=O)o1. The van der Waals surface area contributed by atoms with Gasteiger partial charge in [0.25, 0.3) is 17.5 Å². The summed E-state index contributed by atoms with van der Waals surface area (Å²) in [5.74, 6) is -1.04. The minimum Gasteiger partial charge on any atom is -0.457 e. The lowest BCUT2D eigenvalue weighted by Gasteiger charge is -2.31. The van der Waals surface area contributed by atoms with E-state index in [1.54, 1.807) is 56.3 Å². The molecule has 0 aliphatic carbocycles. The van der Waals surface area contributed by atoms with E-state index in [9.17, 15) is 24.5 Å². The second kappa shape index (κ2) is 8.54. The lowest BCUT2D eigenvalue weighted by atomic mass is 10.0. The number of nitro benzene ring substituents is 1. The molecule has 0 radical (unpaired) electrons. The summed E-state index contributed by atoms with van der Waals surface area (Å²) < 4.78 is 5.76. The number of aryl methyl sites for hydroxylation is 1. The standard InChI is InChI=1S/C24H19N3O6/c1-14-8-9-17(27(31)32)12-19(14)21-11-10-18(33-21)13-20-22(28)25-24(30)26(23(20)29)15(2)16-6-4-3-5-7-16/h3-13,15H,1-2H3,(H,25,28,30)/b20-13-. The van der Waals surface area contributed by atoms with Gasteiger partial charge in [0, 0.05) is 17.7 Å². The molecular formula is C24H19N3O6. The van der Waals surface area contributed by atoms with E-state index in [4.69, 9.17) is 4.42 Å². The quantitative estimate of drug-likeness (QED) is 0.269. The Bertz CT molecular complexity index is 1310. The third-order valence-electron chi connectivity index (χ3n) is 5.41. The zero-order chi connectivity index (χ0) is 23.7. The van der Waals surface area contributed by atoms with Crippen molar-refractivity contribution in [2.75, 3.05) is 0 Å². The van der Waals surface area contributed by atoms with Gasteiger partial charge in [0.05, 0.1) is 11.0 Å². The Morgan fingerprint density at radius 3 is 2.48 bits per heavy atom. The van der Waals surface area contributed by atoms with Crippen molar-refractivity contribution in [1.82, 2.24) is 10.2 Å². The maximum absolute atomic E-state index is 13.1. The number of non-ortho nitro benzene ring substituents is 1. The number of nitro groups is 1. The van der Waals surface area contributed by atoms with Crippen molar-refractivity contribution >= 4 is 29.6 Å². The van der Waals surface area contributed by atoms with Gasteiger partial charge < -0.3 is 4.42 Å². The molecule has 0 saturated carbocycles. The molecule has 9 heteroatoms. The third kappa shape index (κ3) is 4.16. The molecule has 0 bridgehead atoms. The van der Waals surface area contributed by atoms with Gasteiger partial charge in [-0.1, -0.05) is 36.4 Å². The van der Waals surface area contributed by atoms with Gasteiger partial charge in [0.15, 0.2) is 0 Å². The number of rotatable bonds is 5. The normalized spacial score (nSPS) is 16.1. The zero-order valence-corrected chi connectivity index (χ0v) is 17.8. The molecule has 1 saturated heterocycles. The molecule has 4 amide bonds. The first kappa shape index (κ1) is 21.7. The molecule has 1 atom stereocenters. The van der Waals surface area contributed by atoms with Crippen molar-refractivity contribution in [3.8, 4) is 11.3 Å². The van der Waals surface area contributed by atoms with E-state index in [1.165, 1.54) is 18.2 Å². The largest absolute Gasteiger partial charge is 0.457 e. The molecule has 33 heavy (non-hydrogen) atoms. The topological polar surface area (TPSA) is 123 Å². The fourth-order valence-electron chi connectivity index (χ4n) is 3.61. The molecule has 9 nitrogen and oxygen atoms in total. The number of amides is 4. The van der Waals surface area contributed by atoms with Gasteiger partial charge in [-0.05, 0) is 43.2 Å². The van der Waals surface area contributed by atoms with Crippen molar-refractivity contribution in [3.63, 3.8) is 0 Å². The smallest absolute Gasteiger partial charge is 0.331 e. The average Bonchev–Trinajstić information content (AvgIpc) is 3.25. The zero-order valence-electron chi connectivity index (χ0n) is 17.8. The first-order valence-electron chi connectivity index (χ1n) is 10.1. The maximum atomic E-state index is 13.1. The summed E-state index contributed by atoms with van der Waals surface area (Å²) in [7, 11) is 0. The molecule has 166 valence electrons. The van der Waals surface area contributed by atoms with Gasteiger partial charge >= 0.3 is 6.03 Å². The summed E-state index contributed by atoms with van der Waals surface area (Å²) >= 11 is 0. The third-order valence-corrected chi connectivity index (χ3v) is 5.41. The van der Waals surface area contributed by atoms with Crippen LogP contribution in [0.3, 0.4) is 0 Å². The molecular weight excluding hydrogens is 426 g/mol. The van der Waals surface area contributed by atoms with Crippen molar-refractivity contribution in [3.05, 3.63) is 93.2 Å². The number of barbiturate groups is 1. The van der Waals surface area contributed by atoms with Crippen LogP contribution in [-0.2, 0) is 9.59 Å². The molecule has 1 aliphatic rings. The van der Waals surface area contributed by atoms with Crippen molar-refractivity contribution in [2.45, 2.75) is 19.9 Å². The number of hydrogen-bond donors (Lipinski definition) is 1. The molecule has 1 fully saturated rings. The first-order chi connectivity index (χ1) is 15.8. The van der Waals surface area contributed by atoms with Crippen LogP contribution in [-0.4, -0.2) is 27.7 Å². The highest BCUT2D eigenvalue weighted by Crippen LogP contribution is 2.31. The summed E-state index contributed by atoms with van der Waals surface area (Å²) in [5, 5.41) is 13.3. The van der Waals surface area contributed by atoms with Crippen LogP contribution >= 0.6 is 0 Å². The van der Waals surface area contributed by atoms with Gasteiger partial charge in [-0.15, -0.1) is 0 Å². The van der Waals surface area contributed by atoms with E-state index in [0.717, 1.165) is 16.0 Å². The second-order valence-electron chi connectivity index (χ2n) is 7.54. The minimum absolute atomic E-state index is 0.0854.